The van der Waals surface area contributed by atoms with E-state index in [1.165, 1.54) is 19.1 Å². The van der Waals surface area contributed by atoms with Crippen molar-refractivity contribution in [3.63, 3.8) is 0 Å². The molecular weight excluding hydrogens is 314 g/mol. The van der Waals surface area contributed by atoms with Crippen molar-refractivity contribution in [3.8, 4) is 11.5 Å². The maximum absolute atomic E-state index is 12.6. The van der Waals surface area contributed by atoms with Gasteiger partial charge in [-0.1, -0.05) is 12.8 Å². The Morgan fingerprint density at radius 3 is 2.33 bits per heavy atom. The van der Waals surface area contributed by atoms with E-state index in [9.17, 15) is 19.5 Å². The molecule has 1 fully saturated rings. The number of ether oxygens (including phenoxy) is 2. The first-order valence-electron chi connectivity index (χ1n) is 7.93. The summed E-state index contributed by atoms with van der Waals surface area (Å²) in [5.74, 6) is -2.41. The van der Waals surface area contributed by atoms with Gasteiger partial charge in [-0.05, 0) is 25.8 Å². The number of Topliss-reactive ketones (excluding diaryl/α,β-unsaturated/α-hetero) is 1. The summed E-state index contributed by atoms with van der Waals surface area (Å²) < 4.78 is 10.5. The van der Waals surface area contributed by atoms with Crippen LogP contribution >= 0.6 is 0 Å². The van der Waals surface area contributed by atoms with E-state index >= 15 is 0 Å². The lowest BCUT2D eigenvalue weighted by Gasteiger charge is -2.31. The molecule has 0 spiro atoms. The second-order valence-corrected chi connectivity index (χ2v) is 6.11. The standard InChI is InChI=1S/C17H19NO6/c1-9(19)12-6-14-15(24-8-23-14)7-13(12)18-16(20)10-4-2-3-5-11(10)17(21)22/h6-7,10-11H,2-5,8H2,1H3,(H,18,20)(H,21,22)/p-1/t10-,11+/m0/s1. The highest BCUT2D eigenvalue weighted by molar-refractivity contribution is 6.05. The van der Waals surface area contributed by atoms with Crippen LogP contribution in [0.15, 0.2) is 12.1 Å². The largest absolute Gasteiger partial charge is 0.550 e. The van der Waals surface area contributed by atoms with E-state index in [1.807, 2.05) is 0 Å². The monoisotopic (exact) mass is 332 g/mol. The summed E-state index contributed by atoms with van der Waals surface area (Å²) in [6.07, 6.45) is 2.49. The summed E-state index contributed by atoms with van der Waals surface area (Å²) in [6.45, 7) is 1.44. The Kier molecular flexibility index (Phi) is 4.42. The zero-order valence-corrected chi connectivity index (χ0v) is 13.3. The third-order valence-corrected chi connectivity index (χ3v) is 4.56. The highest BCUT2D eigenvalue weighted by Crippen LogP contribution is 2.38. The van der Waals surface area contributed by atoms with E-state index in [4.69, 9.17) is 9.47 Å². The minimum absolute atomic E-state index is 0.0550. The van der Waals surface area contributed by atoms with Gasteiger partial charge in [0, 0.05) is 29.4 Å². The van der Waals surface area contributed by atoms with Gasteiger partial charge >= 0.3 is 0 Å². The van der Waals surface area contributed by atoms with Crippen LogP contribution < -0.4 is 19.9 Å². The van der Waals surface area contributed by atoms with Gasteiger partial charge in [-0.2, -0.15) is 0 Å². The maximum atomic E-state index is 12.6. The molecule has 0 bridgehead atoms. The Hall–Kier alpha value is -2.57. The van der Waals surface area contributed by atoms with Crippen molar-refractivity contribution in [3.05, 3.63) is 17.7 Å². The summed E-state index contributed by atoms with van der Waals surface area (Å²) in [5.41, 5.74) is 0.604. The third kappa shape index (κ3) is 3.06. The number of carboxylic acid groups (broad SMARTS) is 1. The third-order valence-electron chi connectivity index (χ3n) is 4.56. The molecule has 7 heteroatoms. The Morgan fingerprint density at radius 2 is 1.71 bits per heavy atom. The lowest BCUT2D eigenvalue weighted by Crippen LogP contribution is -2.42. The van der Waals surface area contributed by atoms with Gasteiger partial charge < -0.3 is 24.7 Å². The van der Waals surface area contributed by atoms with Gasteiger partial charge in [0.15, 0.2) is 17.3 Å². The van der Waals surface area contributed by atoms with Crippen LogP contribution in [0.2, 0.25) is 0 Å². The zero-order chi connectivity index (χ0) is 17.3. The summed E-state index contributed by atoms with van der Waals surface area (Å²) in [5, 5.41) is 14.0. The predicted molar refractivity (Wildman–Crippen MR) is 81.7 cm³/mol. The highest BCUT2D eigenvalue weighted by Gasteiger charge is 2.32. The number of carbonyl (C=O) groups is 3. The minimum atomic E-state index is -1.20. The van der Waals surface area contributed by atoms with Crippen molar-refractivity contribution in [2.45, 2.75) is 32.6 Å². The van der Waals surface area contributed by atoms with Crippen LogP contribution in [0, 0.1) is 11.8 Å². The topological polar surface area (TPSA) is 105 Å². The smallest absolute Gasteiger partial charge is 0.231 e. The van der Waals surface area contributed by atoms with Gasteiger partial charge in [0.1, 0.15) is 0 Å². The van der Waals surface area contributed by atoms with E-state index in [0.29, 0.717) is 35.6 Å². The average molecular weight is 332 g/mol. The normalized spacial score (nSPS) is 22.0. The number of amides is 1. The fraction of sp³-hybridized carbons (Fsp3) is 0.471. The quantitative estimate of drug-likeness (QED) is 0.828. The van der Waals surface area contributed by atoms with Gasteiger partial charge in [0.2, 0.25) is 12.7 Å². The Balaban J connectivity index is 1.86. The van der Waals surface area contributed by atoms with Gasteiger partial charge in [-0.3, -0.25) is 9.59 Å². The molecule has 7 nitrogen and oxygen atoms in total. The van der Waals surface area contributed by atoms with Crippen molar-refractivity contribution in [2.24, 2.45) is 11.8 Å². The van der Waals surface area contributed by atoms with Gasteiger partial charge in [0.05, 0.1) is 5.69 Å². The number of ketones is 1. The molecule has 1 N–H and O–H groups in total. The van der Waals surface area contributed by atoms with Gasteiger partial charge in [-0.25, -0.2) is 0 Å². The molecule has 0 unspecified atom stereocenters. The second kappa shape index (κ2) is 6.51. The molecule has 0 saturated heterocycles. The van der Waals surface area contributed by atoms with E-state index in [0.717, 1.165) is 12.8 Å². The van der Waals surface area contributed by atoms with E-state index < -0.39 is 23.7 Å². The average Bonchev–Trinajstić information content (AvgIpc) is 3.01. The van der Waals surface area contributed by atoms with Crippen LogP contribution in [0.5, 0.6) is 11.5 Å². The number of fused-ring (bicyclic) bond motifs is 1. The molecule has 0 radical (unpaired) electrons. The summed E-state index contributed by atoms with van der Waals surface area (Å²) in [4.78, 5) is 35.7. The van der Waals surface area contributed by atoms with Crippen molar-refractivity contribution in [1.29, 1.82) is 0 Å². The summed E-state index contributed by atoms with van der Waals surface area (Å²) in [6, 6.07) is 3.06. The molecule has 1 aromatic rings. The number of rotatable bonds is 4. The van der Waals surface area contributed by atoms with Gasteiger partial charge in [0.25, 0.3) is 0 Å². The molecule has 1 saturated carbocycles. The molecule has 1 aliphatic carbocycles. The number of nitrogens with one attached hydrogen (secondary N) is 1. The molecule has 2 aliphatic rings. The SMILES string of the molecule is CC(=O)c1cc2c(cc1NC(=O)[C@H]1CCCC[C@H]1C(=O)[O-])OCO2. The fourth-order valence-corrected chi connectivity index (χ4v) is 3.29. The Morgan fingerprint density at radius 1 is 1.08 bits per heavy atom. The van der Waals surface area contributed by atoms with Crippen LogP contribution in [0.25, 0.3) is 0 Å². The summed E-state index contributed by atoms with van der Waals surface area (Å²) >= 11 is 0. The van der Waals surface area contributed by atoms with Crippen molar-refractivity contribution >= 4 is 23.3 Å². The minimum Gasteiger partial charge on any atom is -0.550 e. The highest BCUT2D eigenvalue weighted by atomic mass is 16.7. The number of hydrogen-bond donors (Lipinski definition) is 1. The molecule has 128 valence electrons. The fourth-order valence-electron chi connectivity index (χ4n) is 3.29. The lowest BCUT2D eigenvalue weighted by atomic mass is 9.78. The first kappa shape index (κ1) is 16.3. The van der Waals surface area contributed by atoms with Crippen LogP contribution in [-0.4, -0.2) is 24.5 Å². The van der Waals surface area contributed by atoms with Crippen molar-refractivity contribution < 1.29 is 29.0 Å². The number of carbonyl (C=O) groups excluding carboxylic acids is 3. The molecule has 1 aromatic carbocycles. The number of anilines is 1. The van der Waals surface area contributed by atoms with E-state index in [2.05, 4.69) is 5.32 Å². The van der Waals surface area contributed by atoms with Crippen molar-refractivity contribution in [1.82, 2.24) is 0 Å². The van der Waals surface area contributed by atoms with Crippen LogP contribution in [-0.2, 0) is 9.59 Å². The zero-order valence-electron chi connectivity index (χ0n) is 13.3. The molecule has 1 heterocycles. The van der Waals surface area contributed by atoms with Crippen LogP contribution in [0.4, 0.5) is 5.69 Å². The van der Waals surface area contributed by atoms with Crippen LogP contribution in [0.3, 0.4) is 0 Å². The second-order valence-electron chi connectivity index (χ2n) is 6.11. The number of carboxylic acids is 1. The summed E-state index contributed by atoms with van der Waals surface area (Å²) in [7, 11) is 0. The number of aliphatic carboxylic acids is 1. The maximum Gasteiger partial charge on any atom is 0.231 e. The first-order valence-corrected chi connectivity index (χ1v) is 7.93. The first-order chi connectivity index (χ1) is 11.5. The Labute approximate surface area is 138 Å². The molecular formula is C17H18NO6-. The van der Waals surface area contributed by atoms with Crippen molar-refractivity contribution in [2.75, 3.05) is 12.1 Å². The molecule has 1 aliphatic heterocycles. The van der Waals surface area contributed by atoms with Crippen LogP contribution in [0.1, 0.15) is 43.0 Å². The predicted octanol–water partition coefficient (Wildman–Crippen LogP) is 1.11. The number of hydrogen-bond acceptors (Lipinski definition) is 6. The van der Waals surface area contributed by atoms with E-state index in [-0.39, 0.29) is 12.6 Å². The molecule has 1 amide bonds. The molecule has 24 heavy (non-hydrogen) atoms. The van der Waals surface area contributed by atoms with Gasteiger partial charge in [-0.15, -0.1) is 0 Å². The lowest BCUT2D eigenvalue weighted by molar-refractivity contribution is -0.313. The molecule has 0 aromatic heterocycles. The van der Waals surface area contributed by atoms with E-state index in [1.54, 1.807) is 0 Å². The molecule has 2 atom stereocenters. The number of benzene rings is 1. The Bertz CT molecular complexity index is 699. The molecule has 3 rings (SSSR count).